The lowest BCUT2D eigenvalue weighted by atomic mass is 10.0. The Hall–Kier alpha value is -1.81. The van der Waals surface area contributed by atoms with E-state index in [9.17, 15) is 0 Å². The monoisotopic (exact) mass is 284 g/mol. The Morgan fingerprint density at radius 2 is 1.86 bits per heavy atom. The summed E-state index contributed by atoms with van der Waals surface area (Å²) in [7, 11) is 4.21. The molecule has 1 aliphatic rings. The van der Waals surface area contributed by atoms with Gasteiger partial charge in [-0.15, -0.1) is 0 Å². The average molecular weight is 284 g/mol. The van der Waals surface area contributed by atoms with E-state index in [1.807, 2.05) is 12.3 Å². The van der Waals surface area contributed by atoms with Gasteiger partial charge >= 0.3 is 0 Å². The quantitative estimate of drug-likeness (QED) is 0.863. The van der Waals surface area contributed by atoms with Crippen LogP contribution < -0.4 is 4.90 Å². The minimum atomic E-state index is 0.560. The molecule has 3 rings (SSSR count). The molecule has 0 saturated carbocycles. The van der Waals surface area contributed by atoms with E-state index in [-0.39, 0.29) is 0 Å². The zero-order valence-corrected chi connectivity index (χ0v) is 12.9. The second-order valence-electron chi connectivity index (χ2n) is 6.11. The van der Waals surface area contributed by atoms with Crippen LogP contribution in [0.1, 0.15) is 24.4 Å². The van der Waals surface area contributed by atoms with Crippen molar-refractivity contribution in [1.82, 2.24) is 14.7 Å². The molecule has 2 aromatic rings. The predicted octanol–water partition coefficient (Wildman–Crippen LogP) is 2.79. The van der Waals surface area contributed by atoms with Crippen molar-refractivity contribution in [1.29, 1.82) is 0 Å². The van der Waals surface area contributed by atoms with Crippen LogP contribution in [-0.2, 0) is 6.54 Å². The van der Waals surface area contributed by atoms with Gasteiger partial charge in [-0.3, -0.25) is 4.68 Å². The van der Waals surface area contributed by atoms with E-state index in [1.54, 1.807) is 0 Å². The van der Waals surface area contributed by atoms with Crippen LogP contribution >= 0.6 is 0 Å². The Balaban J connectivity index is 1.59. The van der Waals surface area contributed by atoms with Crippen molar-refractivity contribution in [3.63, 3.8) is 0 Å². The first-order chi connectivity index (χ1) is 10.2. The molecule has 0 N–H and O–H groups in total. The Bertz CT molecular complexity index is 537. The van der Waals surface area contributed by atoms with Crippen LogP contribution in [0.4, 0.5) is 5.69 Å². The molecule has 0 amide bonds. The van der Waals surface area contributed by atoms with Crippen molar-refractivity contribution in [2.75, 3.05) is 32.1 Å². The highest BCUT2D eigenvalue weighted by Gasteiger charge is 2.20. The molecule has 0 aliphatic carbocycles. The van der Waals surface area contributed by atoms with Gasteiger partial charge < -0.3 is 9.80 Å². The minimum absolute atomic E-state index is 0.560. The van der Waals surface area contributed by atoms with E-state index in [4.69, 9.17) is 0 Å². The number of piperidine rings is 1. The third-order valence-electron chi connectivity index (χ3n) is 4.16. The maximum absolute atomic E-state index is 4.37. The smallest absolute Gasteiger partial charge is 0.0552 e. The first kappa shape index (κ1) is 14.1. The molecule has 0 radical (unpaired) electrons. The molecule has 1 saturated heterocycles. The number of hydrogen-bond acceptors (Lipinski definition) is 3. The summed E-state index contributed by atoms with van der Waals surface area (Å²) in [5.41, 5.74) is 2.71. The van der Waals surface area contributed by atoms with E-state index in [1.165, 1.54) is 24.1 Å². The Kier molecular flexibility index (Phi) is 4.25. The molecule has 2 heterocycles. The molecule has 0 unspecified atom stereocenters. The molecule has 112 valence electrons. The fourth-order valence-electron chi connectivity index (χ4n) is 3.06. The zero-order valence-electron chi connectivity index (χ0n) is 12.9. The lowest BCUT2D eigenvalue weighted by Crippen LogP contribution is -2.34. The molecule has 0 atom stereocenters. The van der Waals surface area contributed by atoms with Gasteiger partial charge in [0.25, 0.3) is 0 Å². The van der Waals surface area contributed by atoms with Crippen LogP contribution in [0, 0.1) is 0 Å². The second kappa shape index (κ2) is 6.31. The molecule has 1 aromatic carbocycles. The van der Waals surface area contributed by atoms with Gasteiger partial charge in [0, 0.05) is 37.7 Å². The van der Waals surface area contributed by atoms with Crippen LogP contribution in [-0.4, -0.2) is 41.9 Å². The normalized spacial score (nSPS) is 16.6. The van der Waals surface area contributed by atoms with Gasteiger partial charge in [-0.25, -0.2) is 0 Å². The Morgan fingerprint density at radius 3 is 2.43 bits per heavy atom. The van der Waals surface area contributed by atoms with Gasteiger partial charge in [0.2, 0.25) is 0 Å². The lowest BCUT2D eigenvalue weighted by Gasteiger charge is -2.33. The number of hydrogen-bond donors (Lipinski definition) is 0. The van der Waals surface area contributed by atoms with Gasteiger partial charge in [0.15, 0.2) is 0 Å². The number of anilines is 1. The molecule has 0 bridgehead atoms. The van der Waals surface area contributed by atoms with Gasteiger partial charge in [0.05, 0.1) is 6.04 Å². The van der Waals surface area contributed by atoms with Crippen molar-refractivity contribution < 1.29 is 0 Å². The van der Waals surface area contributed by atoms with Crippen molar-refractivity contribution in [3.8, 4) is 0 Å². The summed E-state index contributed by atoms with van der Waals surface area (Å²) in [4.78, 5) is 4.68. The predicted molar refractivity (Wildman–Crippen MR) is 86.5 cm³/mol. The summed E-state index contributed by atoms with van der Waals surface area (Å²) in [5, 5.41) is 4.37. The fraction of sp³-hybridized carbons (Fsp3) is 0.471. The topological polar surface area (TPSA) is 24.3 Å². The lowest BCUT2D eigenvalue weighted by molar-refractivity contribution is 0.367. The number of aromatic nitrogens is 2. The number of rotatable bonds is 4. The first-order valence-corrected chi connectivity index (χ1v) is 7.70. The molecular formula is C17H24N4. The van der Waals surface area contributed by atoms with Crippen LogP contribution in [0.2, 0.25) is 0 Å². The highest BCUT2D eigenvalue weighted by atomic mass is 15.3. The van der Waals surface area contributed by atoms with Gasteiger partial charge in [-0.05, 0) is 50.7 Å². The van der Waals surface area contributed by atoms with Crippen molar-refractivity contribution in [2.45, 2.75) is 25.4 Å². The van der Waals surface area contributed by atoms with E-state index in [0.717, 1.165) is 19.6 Å². The average Bonchev–Trinajstić information content (AvgIpc) is 3.02. The summed E-state index contributed by atoms with van der Waals surface area (Å²) < 4.78 is 2.11. The standard InChI is InChI=1S/C17H24N4/c1-19(2)14-15-4-6-16(7-5-15)20-12-8-17(9-13-20)21-11-3-10-18-21/h3-7,10-11,17H,8-9,12-14H2,1-2H3. The molecule has 1 aliphatic heterocycles. The Morgan fingerprint density at radius 1 is 1.14 bits per heavy atom. The largest absolute Gasteiger partial charge is 0.371 e. The van der Waals surface area contributed by atoms with E-state index >= 15 is 0 Å². The molecule has 1 aromatic heterocycles. The summed E-state index contributed by atoms with van der Waals surface area (Å²) in [6, 6.07) is 11.6. The van der Waals surface area contributed by atoms with Crippen molar-refractivity contribution >= 4 is 5.69 Å². The maximum Gasteiger partial charge on any atom is 0.0552 e. The minimum Gasteiger partial charge on any atom is -0.371 e. The molecule has 4 heteroatoms. The SMILES string of the molecule is CN(C)Cc1ccc(N2CCC(n3cccn3)CC2)cc1. The van der Waals surface area contributed by atoms with E-state index in [2.05, 4.69) is 64.1 Å². The summed E-state index contributed by atoms with van der Waals surface area (Å²) >= 11 is 0. The molecule has 0 spiro atoms. The van der Waals surface area contributed by atoms with Gasteiger partial charge in [-0.2, -0.15) is 5.10 Å². The van der Waals surface area contributed by atoms with Crippen LogP contribution in [0.3, 0.4) is 0 Å². The fourth-order valence-corrected chi connectivity index (χ4v) is 3.06. The summed E-state index contributed by atoms with van der Waals surface area (Å²) in [6.07, 6.45) is 6.29. The van der Waals surface area contributed by atoms with E-state index < -0.39 is 0 Å². The molecular weight excluding hydrogens is 260 g/mol. The van der Waals surface area contributed by atoms with Gasteiger partial charge in [0.1, 0.15) is 0 Å². The molecule has 21 heavy (non-hydrogen) atoms. The summed E-state index contributed by atoms with van der Waals surface area (Å²) in [6.45, 7) is 3.22. The number of nitrogens with zero attached hydrogens (tertiary/aromatic N) is 4. The van der Waals surface area contributed by atoms with Crippen LogP contribution in [0.5, 0.6) is 0 Å². The van der Waals surface area contributed by atoms with Crippen molar-refractivity contribution in [2.24, 2.45) is 0 Å². The first-order valence-electron chi connectivity index (χ1n) is 7.70. The van der Waals surface area contributed by atoms with Crippen molar-refractivity contribution in [3.05, 3.63) is 48.3 Å². The highest BCUT2D eigenvalue weighted by molar-refractivity contribution is 5.48. The molecule has 4 nitrogen and oxygen atoms in total. The summed E-state index contributed by atoms with van der Waals surface area (Å²) in [5.74, 6) is 0. The van der Waals surface area contributed by atoms with Crippen LogP contribution in [0.25, 0.3) is 0 Å². The third-order valence-corrected chi connectivity index (χ3v) is 4.16. The van der Waals surface area contributed by atoms with E-state index in [0.29, 0.717) is 6.04 Å². The van der Waals surface area contributed by atoms with Gasteiger partial charge in [-0.1, -0.05) is 12.1 Å². The Labute approximate surface area is 127 Å². The second-order valence-corrected chi connectivity index (χ2v) is 6.11. The maximum atomic E-state index is 4.37. The molecule has 1 fully saturated rings. The van der Waals surface area contributed by atoms with Crippen LogP contribution in [0.15, 0.2) is 42.7 Å². The third kappa shape index (κ3) is 3.45. The zero-order chi connectivity index (χ0) is 14.7. The number of benzene rings is 1. The highest BCUT2D eigenvalue weighted by Crippen LogP contribution is 2.26.